The Morgan fingerprint density at radius 2 is 2.00 bits per heavy atom. The van der Waals surface area contributed by atoms with Gasteiger partial charge in [-0.1, -0.05) is 52.7 Å². The summed E-state index contributed by atoms with van der Waals surface area (Å²) in [7, 11) is -3.28. The van der Waals surface area contributed by atoms with Gasteiger partial charge in [-0.15, -0.1) is 0 Å². The molecule has 1 heterocycles. The number of alkyl halides is 1. The zero-order valence-corrected chi connectivity index (χ0v) is 14.2. The second kappa shape index (κ2) is 7.40. The Hall–Kier alpha value is -0.880. The Morgan fingerprint density at radius 3 is 2.62 bits per heavy atom. The van der Waals surface area contributed by atoms with Gasteiger partial charge in [0.1, 0.15) is 5.25 Å². The Labute approximate surface area is 134 Å². The van der Waals surface area contributed by atoms with Crippen LogP contribution in [0.4, 0.5) is 0 Å². The van der Waals surface area contributed by atoms with Crippen molar-refractivity contribution >= 4 is 31.7 Å². The first-order chi connectivity index (χ1) is 10.0. The van der Waals surface area contributed by atoms with Crippen LogP contribution in [0.25, 0.3) is 0 Å². The van der Waals surface area contributed by atoms with Gasteiger partial charge in [0, 0.05) is 11.4 Å². The van der Waals surface area contributed by atoms with E-state index in [-0.39, 0.29) is 17.7 Å². The molecule has 2 unspecified atom stereocenters. The maximum absolute atomic E-state index is 12.3. The third kappa shape index (κ3) is 4.54. The summed E-state index contributed by atoms with van der Waals surface area (Å²) in [5, 5.41) is 2.60. The molecule has 0 bridgehead atoms. The molecule has 1 amide bonds. The molecule has 0 aliphatic carbocycles. The predicted molar refractivity (Wildman–Crippen MR) is 87.3 cm³/mol. The van der Waals surface area contributed by atoms with E-state index in [4.69, 9.17) is 0 Å². The van der Waals surface area contributed by atoms with Crippen LogP contribution in [0.5, 0.6) is 0 Å². The standard InChI is InChI=1S/C15H20BrNO3S/c16-11-13(10-12-6-2-1-3-7-12)17-15(18)14-8-4-5-9-21(14,19)20/h1-3,6-7,13-14H,4-5,8-11H2,(H,17,18). The molecule has 1 aliphatic rings. The molecule has 6 heteroatoms. The van der Waals surface area contributed by atoms with Crippen LogP contribution in [0.2, 0.25) is 0 Å². The van der Waals surface area contributed by atoms with E-state index in [0.717, 1.165) is 12.0 Å². The lowest BCUT2D eigenvalue weighted by Crippen LogP contribution is -2.47. The number of sulfone groups is 1. The Bertz CT molecular complexity index is 574. The van der Waals surface area contributed by atoms with E-state index in [2.05, 4.69) is 21.2 Å². The number of hydrogen-bond donors (Lipinski definition) is 1. The molecule has 21 heavy (non-hydrogen) atoms. The molecule has 1 N–H and O–H groups in total. The molecule has 0 spiro atoms. The number of benzene rings is 1. The van der Waals surface area contributed by atoms with E-state index in [1.54, 1.807) is 0 Å². The van der Waals surface area contributed by atoms with Gasteiger partial charge in [-0.2, -0.15) is 0 Å². The third-order valence-corrected chi connectivity index (χ3v) is 6.68. The first-order valence-electron chi connectivity index (χ1n) is 7.15. The molecule has 2 atom stereocenters. The van der Waals surface area contributed by atoms with Gasteiger partial charge in [0.15, 0.2) is 9.84 Å². The van der Waals surface area contributed by atoms with Gasteiger partial charge >= 0.3 is 0 Å². The zero-order chi connectivity index (χ0) is 15.3. The number of amides is 1. The van der Waals surface area contributed by atoms with Gasteiger partial charge in [0.2, 0.25) is 5.91 Å². The minimum absolute atomic E-state index is 0.1000. The second-order valence-corrected chi connectivity index (χ2v) is 8.35. The van der Waals surface area contributed by atoms with Crippen molar-refractivity contribution in [3.63, 3.8) is 0 Å². The topological polar surface area (TPSA) is 63.2 Å². The number of carbonyl (C=O) groups is 1. The molecular formula is C15H20BrNO3S. The lowest BCUT2D eigenvalue weighted by Gasteiger charge is -2.24. The SMILES string of the molecule is O=C(NC(CBr)Cc1ccccc1)C1CCCCS1(=O)=O. The average molecular weight is 374 g/mol. The fraction of sp³-hybridized carbons (Fsp3) is 0.533. The highest BCUT2D eigenvalue weighted by Crippen LogP contribution is 2.20. The largest absolute Gasteiger partial charge is 0.351 e. The summed E-state index contributed by atoms with van der Waals surface area (Å²) < 4.78 is 24.0. The molecule has 1 saturated heterocycles. The van der Waals surface area contributed by atoms with Crippen LogP contribution in [0.3, 0.4) is 0 Å². The summed E-state index contributed by atoms with van der Waals surface area (Å²) in [5.74, 6) is -0.224. The van der Waals surface area contributed by atoms with E-state index in [1.807, 2.05) is 30.3 Å². The van der Waals surface area contributed by atoms with Crippen LogP contribution in [0, 0.1) is 0 Å². The Morgan fingerprint density at radius 1 is 1.29 bits per heavy atom. The fourth-order valence-electron chi connectivity index (χ4n) is 2.59. The minimum atomic E-state index is -3.28. The summed E-state index contributed by atoms with van der Waals surface area (Å²) in [6.07, 6.45) is 2.59. The lowest BCUT2D eigenvalue weighted by atomic mass is 10.1. The molecule has 1 fully saturated rings. The number of carbonyl (C=O) groups excluding carboxylic acids is 1. The number of hydrogen-bond acceptors (Lipinski definition) is 3. The first kappa shape index (κ1) is 16.5. The van der Waals surface area contributed by atoms with Crippen LogP contribution in [-0.2, 0) is 21.1 Å². The van der Waals surface area contributed by atoms with Crippen molar-refractivity contribution in [1.82, 2.24) is 5.32 Å². The molecule has 116 valence electrons. The van der Waals surface area contributed by atoms with Crippen LogP contribution < -0.4 is 5.32 Å². The van der Waals surface area contributed by atoms with Crippen molar-refractivity contribution in [2.75, 3.05) is 11.1 Å². The summed E-state index contributed by atoms with van der Waals surface area (Å²) in [5.41, 5.74) is 1.12. The third-order valence-electron chi connectivity index (χ3n) is 3.73. The summed E-state index contributed by atoms with van der Waals surface area (Å²) in [4.78, 5) is 12.3. The summed E-state index contributed by atoms with van der Waals surface area (Å²) in [6.45, 7) is 0. The van der Waals surface area contributed by atoms with Gasteiger partial charge in [-0.3, -0.25) is 4.79 Å². The van der Waals surface area contributed by atoms with E-state index < -0.39 is 15.1 Å². The Kier molecular flexibility index (Phi) is 5.81. The van der Waals surface area contributed by atoms with Gasteiger partial charge in [-0.25, -0.2) is 8.42 Å². The van der Waals surface area contributed by atoms with Crippen molar-refractivity contribution in [3.05, 3.63) is 35.9 Å². The molecule has 1 aliphatic heterocycles. The van der Waals surface area contributed by atoms with E-state index in [9.17, 15) is 13.2 Å². The quantitative estimate of drug-likeness (QED) is 0.803. The first-order valence-corrected chi connectivity index (χ1v) is 9.98. The van der Waals surface area contributed by atoms with Gasteiger partial charge < -0.3 is 5.32 Å². The molecule has 0 aromatic heterocycles. The molecule has 0 radical (unpaired) electrons. The fourth-order valence-corrected chi connectivity index (χ4v) is 4.79. The van der Waals surface area contributed by atoms with E-state index >= 15 is 0 Å². The lowest BCUT2D eigenvalue weighted by molar-refractivity contribution is -0.121. The summed E-state index contributed by atoms with van der Waals surface area (Å²) >= 11 is 3.39. The smallest absolute Gasteiger partial charge is 0.238 e. The average Bonchev–Trinajstić information content (AvgIpc) is 2.47. The van der Waals surface area contributed by atoms with E-state index in [1.165, 1.54) is 0 Å². The highest BCUT2D eigenvalue weighted by atomic mass is 79.9. The van der Waals surface area contributed by atoms with Crippen molar-refractivity contribution in [3.8, 4) is 0 Å². The maximum atomic E-state index is 12.3. The van der Waals surface area contributed by atoms with Crippen molar-refractivity contribution in [1.29, 1.82) is 0 Å². The molecule has 4 nitrogen and oxygen atoms in total. The second-order valence-electron chi connectivity index (χ2n) is 5.40. The normalized spacial score (nSPS) is 22.4. The van der Waals surface area contributed by atoms with Crippen LogP contribution in [0.15, 0.2) is 30.3 Å². The maximum Gasteiger partial charge on any atom is 0.238 e. The van der Waals surface area contributed by atoms with E-state index in [0.29, 0.717) is 24.6 Å². The number of rotatable bonds is 5. The van der Waals surface area contributed by atoms with Gasteiger partial charge in [0.05, 0.1) is 5.75 Å². The van der Waals surface area contributed by atoms with Crippen LogP contribution >= 0.6 is 15.9 Å². The van der Waals surface area contributed by atoms with Crippen molar-refractivity contribution in [2.45, 2.75) is 37.0 Å². The van der Waals surface area contributed by atoms with Crippen molar-refractivity contribution < 1.29 is 13.2 Å². The highest BCUT2D eigenvalue weighted by molar-refractivity contribution is 9.09. The Balaban J connectivity index is 1.99. The molecular weight excluding hydrogens is 354 g/mol. The summed E-state index contributed by atoms with van der Waals surface area (Å²) in [6, 6.07) is 9.75. The van der Waals surface area contributed by atoms with Crippen LogP contribution in [0.1, 0.15) is 24.8 Å². The monoisotopic (exact) mass is 373 g/mol. The molecule has 0 saturated carbocycles. The zero-order valence-electron chi connectivity index (χ0n) is 11.8. The van der Waals surface area contributed by atoms with Gasteiger partial charge in [0.25, 0.3) is 0 Å². The van der Waals surface area contributed by atoms with Gasteiger partial charge in [-0.05, 0) is 24.8 Å². The molecule has 2 rings (SSSR count). The predicted octanol–water partition coefficient (Wildman–Crippen LogP) is 2.08. The minimum Gasteiger partial charge on any atom is -0.351 e. The molecule has 1 aromatic rings. The highest BCUT2D eigenvalue weighted by Gasteiger charge is 2.35. The number of nitrogens with one attached hydrogen (secondary N) is 1. The van der Waals surface area contributed by atoms with Crippen molar-refractivity contribution in [2.24, 2.45) is 0 Å². The van der Waals surface area contributed by atoms with Crippen LogP contribution in [-0.4, -0.2) is 36.7 Å². The molecule has 1 aromatic carbocycles. The number of halogens is 1.